The van der Waals surface area contributed by atoms with Crippen molar-refractivity contribution in [3.05, 3.63) is 35.4 Å². The third-order valence-electron chi connectivity index (χ3n) is 3.23. The molecule has 3 nitrogen and oxygen atoms in total. The van der Waals surface area contributed by atoms with E-state index in [-0.39, 0.29) is 5.91 Å². The summed E-state index contributed by atoms with van der Waals surface area (Å²) in [5, 5.41) is 3.24. The number of benzene rings is 1. The van der Waals surface area contributed by atoms with E-state index < -0.39 is 5.54 Å². The van der Waals surface area contributed by atoms with Gasteiger partial charge in [0.2, 0.25) is 5.91 Å². The van der Waals surface area contributed by atoms with E-state index in [9.17, 15) is 4.79 Å². The molecule has 1 amide bonds. The number of piperazine rings is 1. The molecule has 0 aliphatic carbocycles. The molecule has 0 saturated carbocycles. The molecule has 1 aliphatic rings. The molecule has 92 valence electrons. The van der Waals surface area contributed by atoms with Gasteiger partial charge in [-0.2, -0.15) is 0 Å². The standard InChI is InChI=1S/C14H20N2O/c1-11-5-4-6-12(9-11)10-16-8-7-15-14(2,3)13(16)17/h4-6,9,15H,7-8,10H2,1-3H3. The molecule has 2 rings (SSSR count). The van der Waals surface area contributed by atoms with Crippen LogP contribution in [0, 0.1) is 6.92 Å². The molecular formula is C14H20N2O. The highest BCUT2D eigenvalue weighted by atomic mass is 16.2. The van der Waals surface area contributed by atoms with Gasteiger partial charge in [0, 0.05) is 19.6 Å². The lowest BCUT2D eigenvalue weighted by Crippen LogP contribution is -2.60. The fraction of sp³-hybridized carbons (Fsp3) is 0.500. The number of amides is 1. The molecule has 0 spiro atoms. The number of aryl methyl sites for hydroxylation is 1. The normalized spacial score (nSPS) is 19.5. The Kier molecular flexibility index (Phi) is 3.20. The van der Waals surface area contributed by atoms with E-state index in [1.54, 1.807) is 0 Å². The molecule has 1 aromatic rings. The highest BCUT2D eigenvalue weighted by Crippen LogP contribution is 2.16. The SMILES string of the molecule is Cc1cccc(CN2CCNC(C)(C)C2=O)c1. The van der Waals surface area contributed by atoms with Gasteiger partial charge in [-0.1, -0.05) is 29.8 Å². The largest absolute Gasteiger partial charge is 0.336 e. The van der Waals surface area contributed by atoms with Gasteiger partial charge in [0.05, 0.1) is 5.54 Å². The fourth-order valence-corrected chi connectivity index (χ4v) is 2.26. The number of nitrogens with zero attached hydrogens (tertiary/aromatic N) is 1. The highest BCUT2D eigenvalue weighted by molar-refractivity contribution is 5.86. The average molecular weight is 232 g/mol. The van der Waals surface area contributed by atoms with Crippen molar-refractivity contribution in [1.82, 2.24) is 10.2 Å². The number of hydrogen-bond acceptors (Lipinski definition) is 2. The lowest BCUT2D eigenvalue weighted by Gasteiger charge is -2.38. The lowest BCUT2D eigenvalue weighted by molar-refractivity contribution is -0.140. The van der Waals surface area contributed by atoms with Crippen LogP contribution in [-0.4, -0.2) is 29.4 Å². The van der Waals surface area contributed by atoms with Crippen LogP contribution in [0.3, 0.4) is 0 Å². The number of rotatable bonds is 2. The third kappa shape index (κ3) is 2.67. The Morgan fingerprint density at radius 1 is 1.41 bits per heavy atom. The van der Waals surface area contributed by atoms with Crippen LogP contribution in [0.4, 0.5) is 0 Å². The van der Waals surface area contributed by atoms with Crippen molar-refractivity contribution in [3.8, 4) is 0 Å². The molecule has 1 saturated heterocycles. The van der Waals surface area contributed by atoms with Crippen LogP contribution in [0.2, 0.25) is 0 Å². The Hall–Kier alpha value is -1.35. The van der Waals surface area contributed by atoms with Crippen molar-refractivity contribution in [2.45, 2.75) is 32.9 Å². The molecule has 1 aliphatic heterocycles. The van der Waals surface area contributed by atoms with Gasteiger partial charge < -0.3 is 10.2 Å². The minimum absolute atomic E-state index is 0.185. The molecule has 0 bridgehead atoms. The summed E-state index contributed by atoms with van der Waals surface area (Å²) in [6, 6.07) is 8.34. The third-order valence-corrected chi connectivity index (χ3v) is 3.23. The second kappa shape index (κ2) is 4.49. The zero-order chi connectivity index (χ0) is 12.5. The summed E-state index contributed by atoms with van der Waals surface area (Å²) in [7, 11) is 0. The van der Waals surface area contributed by atoms with Crippen molar-refractivity contribution >= 4 is 5.91 Å². The first-order chi connectivity index (χ1) is 7.99. The fourth-order valence-electron chi connectivity index (χ4n) is 2.26. The van der Waals surface area contributed by atoms with Gasteiger partial charge in [-0.15, -0.1) is 0 Å². The van der Waals surface area contributed by atoms with Gasteiger partial charge in [-0.05, 0) is 26.3 Å². The topological polar surface area (TPSA) is 32.3 Å². The van der Waals surface area contributed by atoms with Gasteiger partial charge in [0.1, 0.15) is 0 Å². The highest BCUT2D eigenvalue weighted by Gasteiger charge is 2.34. The second-order valence-electron chi connectivity index (χ2n) is 5.27. The maximum Gasteiger partial charge on any atom is 0.242 e. The van der Waals surface area contributed by atoms with E-state index >= 15 is 0 Å². The first kappa shape index (κ1) is 12.1. The summed E-state index contributed by atoms with van der Waals surface area (Å²) in [5.41, 5.74) is 2.02. The zero-order valence-electron chi connectivity index (χ0n) is 10.8. The van der Waals surface area contributed by atoms with Gasteiger partial charge in [-0.25, -0.2) is 0 Å². The predicted octanol–water partition coefficient (Wildman–Crippen LogP) is 1.71. The monoisotopic (exact) mass is 232 g/mol. The van der Waals surface area contributed by atoms with Gasteiger partial charge in [0.25, 0.3) is 0 Å². The lowest BCUT2D eigenvalue weighted by atomic mass is 10.00. The van der Waals surface area contributed by atoms with E-state index in [1.807, 2.05) is 24.8 Å². The zero-order valence-corrected chi connectivity index (χ0v) is 10.8. The number of carbonyl (C=O) groups excluding carboxylic acids is 1. The van der Waals surface area contributed by atoms with Crippen LogP contribution >= 0.6 is 0 Å². The van der Waals surface area contributed by atoms with Crippen molar-refractivity contribution in [1.29, 1.82) is 0 Å². The van der Waals surface area contributed by atoms with Gasteiger partial charge >= 0.3 is 0 Å². The summed E-state index contributed by atoms with van der Waals surface area (Å²) in [4.78, 5) is 14.1. The molecule has 1 fully saturated rings. The minimum atomic E-state index is -0.428. The molecular weight excluding hydrogens is 212 g/mol. The van der Waals surface area contributed by atoms with E-state index in [1.165, 1.54) is 11.1 Å². The van der Waals surface area contributed by atoms with Gasteiger partial charge in [-0.3, -0.25) is 4.79 Å². The Morgan fingerprint density at radius 2 is 2.18 bits per heavy atom. The van der Waals surface area contributed by atoms with E-state index in [0.717, 1.165) is 13.1 Å². The maximum atomic E-state index is 12.2. The Balaban J connectivity index is 2.11. The number of nitrogens with one attached hydrogen (secondary N) is 1. The van der Waals surface area contributed by atoms with E-state index in [4.69, 9.17) is 0 Å². The van der Waals surface area contributed by atoms with Crippen LogP contribution in [0.25, 0.3) is 0 Å². The van der Waals surface area contributed by atoms with Crippen molar-refractivity contribution in [3.63, 3.8) is 0 Å². The average Bonchev–Trinajstić information content (AvgIpc) is 2.25. The molecule has 1 N–H and O–H groups in total. The van der Waals surface area contributed by atoms with Crippen LogP contribution in [-0.2, 0) is 11.3 Å². The summed E-state index contributed by atoms with van der Waals surface area (Å²) >= 11 is 0. The second-order valence-corrected chi connectivity index (χ2v) is 5.27. The summed E-state index contributed by atoms with van der Waals surface area (Å²) in [6.45, 7) is 8.33. The molecule has 0 radical (unpaired) electrons. The van der Waals surface area contributed by atoms with Crippen LogP contribution < -0.4 is 5.32 Å². The van der Waals surface area contributed by atoms with Gasteiger partial charge in [0.15, 0.2) is 0 Å². The molecule has 1 aromatic carbocycles. The predicted molar refractivity (Wildman–Crippen MR) is 68.7 cm³/mol. The number of carbonyl (C=O) groups is 1. The van der Waals surface area contributed by atoms with E-state index in [2.05, 4.69) is 30.4 Å². The molecule has 0 aromatic heterocycles. The number of hydrogen-bond donors (Lipinski definition) is 1. The van der Waals surface area contributed by atoms with Crippen molar-refractivity contribution < 1.29 is 4.79 Å². The molecule has 0 atom stereocenters. The molecule has 17 heavy (non-hydrogen) atoms. The Labute approximate surface area is 103 Å². The van der Waals surface area contributed by atoms with E-state index in [0.29, 0.717) is 6.54 Å². The maximum absolute atomic E-state index is 12.2. The van der Waals surface area contributed by atoms with Crippen LogP contribution in [0.1, 0.15) is 25.0 Å². The summed E-state index contributed by atoms with van der Waals surface area (Å²) < 4.78 is 0. The molecule has 1 heterocycles. The molecule has 0 unspecified atom stereocenters. The Morgan fingerprint density at radius 3 is 2.88 bits per heavy atom. The van der Waals surface area contributed by atoms with Crippen molar-refractivity contribution in [2.75, 3.05) is 13.1 Å². The minimum Gasteiger partial charge on any atom is -0.336 e. The molecule has 3 heteroatoms. The first-order valence-corrected chi connectivity index (χ1v) is 6.09. The van der Waals surface area contributed by atoms with Crippen LogP contribution in [0.15, 0.2) is 24.3 Å². The summed E-state index contributed by atoms with van der Waals surface area (Å²) in [6.07, 6.45) is 0. The van der Waals surface area contributed by atoms with Crippen LogP contribution in [0.5, 0.6) is 0 Å². The van der Waals surface area contributed by atoms with Crippen molar-refractivity contribution in [2.24, 2.45) is 0 Å². The quantitative estimate of drug-likeness (QED) is 0.842. The smallest absolute Gasteiger partial charge is 0.242 e. The Bertz CT molecular complexity index is 426. The first-order valence-electron chi connectivity index (χ1n) is 6.09. The summed E-state index contributed by atoms with van der Waals surface area (Å²) in [5.74, 6) is 0.185.